The number of carbonyl (C=O) groups is 1. The van der Waals surface area contributed by atoms with Crippen molar-refractivity contribution in [1.29, 1.82) is 0 Å². The van der Waals surface area contributed by atoms with Gasteiger partial charge in [0.1, 0.15) is 0 Å². The lowest BCUT2D eigenvalue weighted by atomic mass is 9.93. The fourth-order valence-corrected chi connectivity index (χ4v) is 2.64. The molecule has 0 saturated carbocycles. The van der Waals surface area contributed by atoms with Crippen molar-refractivity contribution in [3.05, 3.63) is 30.9 Å². The number of anilines is 1. The minimum atomic E-state index is 0.0343. The molecule has 1 amide bonds. The molecule has 1 fully saturated rings. The van der Waals surface area contributed by atoms with E-state index in [1.165, 1.54) is 0 Å². The molecular formula is C15H20N6O. The molecule has 0 spiro atoms. The van der Waals surface area contributed by atoms with Crippen LogP contribution in [-0.4, -0.2) is 38.7 Å². The molecule has 0 aliphatic carbocycles. The number of piperidine rings is 1. The van der Waals surface area contributed by atoms with Crippen molar-refractivity contribution in [3.63, 3.8) is 0 Å². The summed E-state index contributed by atoms with van der Waals surface area (Å²) in [5.41, 5.74) is 0.669. The Bertz CT molecular complexity index is 606. The van der Waals surface area contributed by atoms with E-state index >= 15 is 0 Å². The zero-order chi connectivity index (χ0) is 15.2. The molecule has 2 aromatic rings. The molecule has 7 heteroatoms. The van der Waals surface area contributed by atoms with Gasteiger partial charge in [-0.3, -0.25) is 4.79 Å². The summed E-state index contributed by atoms with van der Waals surface area (Å²) in [7, 11) is 0. The maximum absolute atomic E-state index is 12.0. The van der Waals surface area contributed by atoms with Crippen molar-refractivity contribution in [2.24, 2.45) is 5.92 Å². The Morgan fingerprint density at radius 3 is 2.86 bits per heavy atom. The van der Waals surface area contributed by atoms with E-state index in [0.717, 1.165) is 32.4 Å². The summed E-state index contributed by atoms with van der Waals surface area (Å²) < 4.78 is 1.54. The van der Waals surface area contributed by atoms with Crippen molar-refractivity contribution in [2.75, 3.05) is 18.4 Å². The van der Waals surface area contributed by atoms with Crippen molar-refractivity contribution in [1.82, 2.24) is 25.1 Å². The van der Waals surface area contributed by atoms with Crippen LogP contribution >= 0.6 is 0 Å². The average Bonchev–Trinajstić information content (AvgIpc) is 3.03. The van der Waals surface area contributed by atoms with Gasteiger partial charge in [0.15, 0.2) is 0 Å². The Balaban J connectivity index is 1.50. The second-order valence-electron chi connectivity index (χ2n) is 5.50. The van der Waals surface area contributed by atoms with E-state index < -0.39 is 0 Å². The lowest BCUT2D eigenvalue weighted by molar-refractivity contribution is -0.116. The normalized spacial score (nSPS) is 15.6. The number of hydrogen-bond donors (Lipinski definition) is 2. The van der Waals surface area contributed by atoms with E-state index in [4.69, 9.17) is 0 Å². The lowest BCUT2D eigenvalue weighted by Crippen LogP contribution is -2.28. The molecular weight excluding hydrogens is 280 g/mol. The second-order valence-corrected chi connectivity index (χ2v) is 5.50. The summed E-state index contributed by atoms with van der Waals surface area (Å²) in [5, 5.41) is 10.4. The standard InChI is InChI=1S/C15H20N6O/c22-14(3-2-12-4-8-16-9-5-12)20-13-10-19-21(11-13)15-17-6-1-7-18-15/h1,6-7,10-12,16H,2-5,8-9H2,(H,20,22). The second kappa shape index (κ2) is 7.13. The highest BCUT2D eigenvalue weighted by Crippen LogP contribution is 2.18. The van der Waals surface area contributed by atoms with Gasteiger partial charge in [0.25, 0.3) is 0 Å². The van der Waals surface area contributed by atoms with E-state index in [9.17, 15) is 4.79 Å². The maximum Gasteiger partial charge on any atom is 0.250 e. The predicted octanol–water partition coefficient (Wildman–Crippen LogP) is 1.38. The van der Waals surface area contributed by atoms with Gasteiger partial charge in [-0.25, -0.2) is 14.6 Å². The third kappa shape index (κ3) is 3.88. The molecule has 0 unspecified atom stereocenters. The largest absolute Gasteiger partial charge is 0.323 e. The van der Waals surface area contributed by atoms with Crippen LogP contribution < -0.4 is 10.6 Å². The summed E-state index contributed by atoms with van der Waals surface area (Å²) in [6.07, 6.45) is 10.5. The van der Waals surface area contributed by atoms with Crippen LogP contribution in [0, 0.1) is 5.92 Å². The van der Waals surface area contributed by atoms with Crippen molar-refractivity contribution < 1.29 is 4.79 Å². The van der Waals surface area contributed by atoms with Crippen LogP contribution in [0.3, 0.4) is 0 Å². The van der Waals surface area contributed by atoms with E-state index in [1.807, 2.05) is 0 Å². The molecule has 116 valence electrons. The average molecular weight is 300 g/mol. The summed E-state index contributed by atoms with van der Waals surface area (Å²) in [5.74, 6) is 1.18. The van der Waals surface area contributed by atoms with Crippen molar-refractivity contribution in [3.8, 4) is 5.95 Å². The van der Waals surface area contributed by atoms with E-state index in [2.05, 4.69) is 25.7 Å². The highest BCUT2D eigenvalue weighted by molar-refractivity contribution is 5.90. The highest BCUT2D eigenvalue weighted by Gasteiger charge is 2.15. The van der Waals surface area contributed by atoms with E-state index in [-0.39, 0.29) is 5.91 Å². The van der Waals surface area contributed by atoms with Crippen LogP contribution in [0.5, 0.6) is 0 Å². The monoisotopic (exact) mass is 300 g/mol. The van der Waals surface area contributed by atoms with Crippen LogP contribution in [0.1, 0.15) is 25.7 Å². The molecule has 1 aliphatic rings. The Kier molecular flexibility index (Phi) is 4.75. The first-order valence-corrected chi connectivity index (χ1v) is 7.64. The number of carbonyl (C=O) groups excluding carboxylic acids is 1. The van der Waals surface area contributed by atoms with Crippen LogP contribution in [0.2, 0.25) is 0 Å². The number of rotatable bonds is 5. The fourth-order valence-electron chi connectivity index (χ4n) is 2.64. The van der Waals surface area contributed by atoms with Crippen LogP contribution in [0.4, 0.5) is 5.69 Å². The molecule has 3 heterocycles. The SMILES string of the molecule is O=C(CCC1CCNCC1)Nc1cnn(-c2ncccn2)c1. The van der Waals surface area contributed by atoms with Gasteiger partial charge in [0.2, 0.25) is 11.9 Å². The first kappa shape index (κ1) is 14.6. The molecule has 2 aromatic heterocycles. The maximum atomic E-state index is 12.0. The molecule has 0 atom stereocenters. The minimum absolute atomic E-state index is 0.0343. The summed E-state index contributed by atoms with van der Waals surface area (Å²) in [4.78, 5) is 20.2. The Morgan fingerprint density at radius 2 is 2.09 bits per heavy atom. The first-order chi connectivity index (χ1) is 10.8. The molecule has 0 aromatic carbocycles. The number of nitrogens with one attached hydrogen (secondary N) is 2. The highest BCUT2D eigenvalue weighted by atomic mass is 16.1. The molecule has 0 radical (unpaired) electrons. The van der Waals surface area contributed by atoms with Crippen LogP contribution in [-0.2, 0) is 4.79 Å². The molecule has 1 saturated heterocycles. The van der Waals surface area contributed by atoms with E-state index in [0.29, 0.717) is 24.0 Å². The topological polar surface area (TPSA) is 84.7 Å². The quantitative estimate of drug-likeness (QED) is 0.871. The smallest absolute Gasteiger partial charge is 0.250 e. The van der Waals surface area contributed by atoms with Gasteiger partial charge in [-0.1, -0.05) is 0 Å². The van der Waals surface area contributed by atoms with Gasteiger partial charge in [-0.15, -0.1) is 0 Å². The molecule has 22 heavy (non-hydrogen) atoms. The van der Waals surface area contributed by atoms with Gasteiger partial charge in [0.05, 0.1) is 18.1 Å². The molecule has 0 bridgehead atoms. The Labute approximate surface area is 129 Å². The molecule has 3 rings (SSSR count). The number of hydrogen-bond acceptors (Lipinski definition) is 5. The summed E-state index contributed by atoms with van der Waals surface area (Å²) >= 11 is 0. The molecule has 2 N–H and O–H groups in total. The lowest BCUT2D eigenvalue weighted by Gasteiger charge is -2.22. The first-order valence-electron chi connectivity index (χ1n) is 7.64. The van der Waals surface area contributed by atoms with Crippen molar-refractivity contribution >= 4 is 11.6 Å². The third-order valence-electron chi connectivity index (χ3n) is 3.86. The third-order valence-corrected chi connectivity index (χ3v) is 3.86. The fraction of sp³-hybridized carbons (Fsp3) is 0.467. The Morgan fingerprint density at radius 1 is 1.32 bits per heavy atom. The van der Waals surface area contributed by atoms with Gasteiger partial charge in [0, 0.05) is 18.8 Å². The predicted molar refractivity (Wildman–Crippen MR) is 82.6 cm³/mol. The molecule has 1 aliphatic heterocycles. The van der Waals surface area contributed by atoms with Crippen molar-refractivity contribution in [2.45, 2.75) is 25.7 Å². The minimum Gasteiger partial charge on any atom is -0.323 e. The van der Waals surface area contributed by atoms with Crippen LogP contribution in [0.15, 0.2) is 30.9 Å². The summed E-state index contributed by atoms with van der Waals surface area (Å²) in [6, 6.07) is 1.75. The van der Waals surface area contributed by atoms with Gasteiger partial charge < -0.3 is 10.6 Å². The summed E-state index contributed by atoms with van der Waals surface area (Å²) in [6.45, 7) is 2.13. The van der Waals surface area contributed by atoms with E-state index in [1.54, 1.807) is 35.5 Å². The van der Waals surface area contributed by atoms with Crippen LogP contribution in [0.25, 0.3) is 5.95 Å². The zero-order valence-corrected chi connectivity index (χ0v) is 12.4. The Hall–Kier alpha value is -2.28. The molecule has 7 nitrogen and oxygen atoms in total. The number of amides is 1. The number of nitrogens with zero attached hydrogens (tertiary/aromatic N) is 4. The zero-order valence-electron chi connectivity index (χ0n) is 12.4. The number of aromatic nitrogens is 4. The van der Waals surface area contributed by atoms with Gasteiger partial charge in [-0.05, 0) is 44.3 Å². The van der Waals surface area contributed by atoms with Gasteiger partial charge >= 0.3 is 0 Å². The van der Waals surface area contributed by atoms with Gasteiger partial charge in [-0.2, -0.15) is 5.10 Å².